The zero-order valence-corrected chi connectivity index (χ0v) is 10.3. The van der Waals surface area contributed by atoms with Crippen molar-refractivity contribution in [1.29, 1.82) is 0 Å². The zero-order chi connectivity index (χ0) is 13.6. The lowest BCUT2D eigenvalue weighted by Crippen LogP contribution is -2.30. The van der Waals surface area contributed by atoms with Crippen molar-refractivity contribution in [2.75, 3.05) is 5.73 Å². The van der Waals surface area contributed by atoms with E-state index >= 15 is 0 Å². The minimum Gasteiger partial charge on any atom is -0.382 e. The Labute approximate surface area is 101 Å². The van der Waals surface area contributed by atoms with Gasteiger partial charge in [0.25, 0.3) is 0 Å². The largest absolute Gasteiger partial charge is 0.382 e. The number of nitrogens with zero attached hydrogens (tertiary/aromatic N) is 4. The third-order valence-corrected chi connectivity index (χ3v) is 3.92. The van der Waals surface area contributed by atoms with Gasteiger partial charge in [-0.1, -0.05) is 0 Å². The number of hydrogen-bond donors (Lipinski definition) is 4. The first-order chi connectivity index (χ1) is 8.22. The SMILES string of the molecule is CC(O)(Cn1cnc2c(N)ncnc21)P(=O)(O)O. The molecule has 0 spiro atoms. The van der Waals surface area contributed by atoms with Crippen molar-refractivity contribution >= 4 is 24.6 Å². The number of imidazole rings is 1. The fourth-order valence-corrected chi connectivity index (χ4v) is 1.77. The van der Waals surface area contributed by atoms with E-state index < -0.39 is 12.9 Å². The molecule has 0 saturated heterocycles. The summed E-state index contributed by atoms with van der Waals surface area (Å²) in [4.78, 5) is 29.7. The van der Waals surface area contributed by atoms with Crippen molar-refractivity contribution in [3.8, 4) is 0 Å². The van der Waals surface area contributed by atoms with Gasteiger partial charge in [0.15, 0.2) is 16.8 Å². The fourth-order valence-electron chi connectivity index (χ4n) is 1.43. The van der Waals surface area contributed by atoms with Gasteiger partial charge in [-0.15, -0.1) is 0 Å². The molecule has 1 unspecified atom stereocenters. The number of anilines is 1. The summed E-state index contributed by atoms with van der Waals surface area (Å²) < 4.78 is 12.4. The molecule has 2 rings (SSSR count). The van der Waals surface area contributed by atoms with Crippen LogP contribution >= 0.6 is 7.60 Å². The van der Waals surface area contributed by atoms with Gasteiger partial charge in [-0.25, -0.2) is 15.0 Å². The lowest BCUT2D eigenvalue weighted by molar-refractivity contribution is 0.0922. The zero-order valence-electron chi connectivity index (χ0n) is 9.43. The number of nitrogens with two attached hydrogens (primary N) is 1. The maximum Gasteiger partial charge on any atom is 0.358 e. The molecule has 0 aliphatic carbocycles. The summed E-state index contributed by atoms with van der Waals surface area (Å²) in [5.74, 6) is 0.162. The molecule has 0 aromatic carbocycles. The summed E-state index contributed by atoms with van der Waals surface area (Å²) in [5, 5.41) is 7.56. The Bertz CT molecular complexity index is 633. The van der Waals surface area contributed by atoms with Gasteiger partial charge >= 0.3 is 7.60 Å². The maximum atomic E-state index is 11.1. The molecular weight excluding hydrogens is 261 g/mol. The summed E-state index contributed by atoms with van der Waals surface area (Å²) in [6.07, 6.45) is 2.50. The fraction of sp³-hybridized carbons (Fsp3) is 0.375. The third-order valence-electron chi connectivity index (χ3n) is 2.53. The van der Waals surface area contributed by atoms with Crippen LogP contribution in [0.5, 0.6) is 0 Å². The van der Waals surface area contributed by atoms with Crippen LogP contribution in [0.25, 0.3) is 11.2 Å². The van der Waals surface area contributed by atoms with Crippen LogP contribution in [-0.4, -0.2) is 39.8 Å². The van der Waals surface area contributed by atoms with Gasteiger partial charge in [-0.2, -0.15) is 0 Å². The van der Waals surface area contributed by atoms with Crippen molar-refractivity contribution in [3.05, 3.63) is 12.7 Å². The quantitative estimate of drug-likeness (QED) is 0.536. The highest BCUT2D eigenvalue weighted by Gasteiger charge is 2.41. The van der Waals surface area contributed by atoms with Crippen LogP contribution in [0.4, 0.5) is 5.82 Å². The van der Waals surface area contributed by atoms with Crippen LogP contribution in [0.1, 0.15) is 6.92 Å². The molecule has 98 valence electrons. The van der Waals surface area contributed by atoms with E-state index in [9.17, 15) is 9.67 Å². The molecule has 18 heavy (non-hydrogen) atoms. The van der Waals surface area contributed by atoms with E-state index in [1.54, 1.807) is 0 Å². The molecule has 0 aliphatic heterocycles. The number of nitrogen functional groups attached to an aromatic ring is 1. The molecule has 0 radical (unpaired) electrons. The van der Waals surface area contributed by atoms with Crippen LogP contribution in [0.3, 0.4) is 0 Å². The third kappa shape index (κ3) is 2.08. The number of hydrogen-bond acceptors (Lipinski definition) is 6. The molecule has 10 heteroatoms. The van der Waals surface area contributed by atoms with Gasteiger partial charge in [0.2, 0.25) is 0 Å². The van der Waals surface area contributed by atoms with Gasteiger partial charge in [0.05, 0.1) is 12.9 Å². The van der Waals surface area contributed by atoms with E-state index in [0.717, 1.165) is 6.92 Å². The van der Waals surface area contributed by atoms with E-state index in [2.05, 4.69) is 15.0 Å². The topological polar surface area (TPSA) is 147 Å². The maximum absolute atomic E-state index is 11.1. The second-order valence-electron chi connectivity index (χ2n) is 4.06. The Morgan fingerprint density at radius 3 is 2.72 bits per heavy atom. The highest BCUT2D eigenvalue weighted by molar-refractivity contribution is 7.53. The average molecular weight is 273 g/mol. The molecule has 5 N–H and O–H groups in total. The summed E-state index contributed by atoms with van der Waals surface area (Å²) >= 11 is 0. The van der Waals surface area contributed by atoms with Crippen LogP contribution < -0.4 is 5.73 Å². The molecule has 0 fully saturated rings. The minimum absolute atomic E-state index is 0.162. The van der Waals surface area contributed by atoms with Gasteiger partial charge in [0.1, 0.15) is 11.8 Å². The normalized spacial score (nSPS) is 15.8. The molecule has 2 aromatic rings. The van der Waals surface area contributed by atoms with E-state index in [1.807, 2.05) is 0 Å². The molecule has 0 bridgehead atoms. The Balaban J connectivity index is 2.45. The van der Waals surface area contributed by atoms with Crippen molar-refractivity contribution in [2.24, 2.45) is 0 Å². The van der Waals surface area contributed by atoms with E-state index in [4.69, 9.17) is 15.5 Å². The molecule has 9 nitrogen and oxygen atoms in total. The number of fused-ring (bicyclic) bond motifs is 1. The summed E-state index contributed by atoms with van der Waals surface area (Å²) in [6.45, 7) is 0.689. The molecule has 0 amide bonds. The lowest BCUT2D eigenvalue weighted by atomic mass is 10.4. The summed E-state index contributed by atoms with van der Waals surface area (Å²) in [5.41, 5.74) is 6.20. The van der Waals surface area contributed by atoms with Crippen LogP contribution in [0.2, 0.25) is 0 Å². The first kappa shape index (κ1) is 12.9. The van der Waals surface area contributed by atoms with E-state index in [-0.39, 0.29) is 12.4 Å². The predicted octanol–water partition coefficient (Wildman–Crippen LogP) is -0.705. The molecule has 1 atom stereocenters. The molecule has 2 aromatic heterocycles. The second-order valence-corrected chi connectivity index (χ2v) is 6.12. The Morgan fingerprint density at radius 2 is 2.11 bits per heavy atom. The van der Waals surface area contributed by atoms with E-state index in [1.165, 1.54) is 17.2 Å². The smallest absolute Gasteiger partial charge is 0.358 e. The summed E-state index contributed by atoms with van der Waals surface area (Å²) in [7, 11) is -4.67. The van der Waals surface area contributed by atoms with Crippen LogP contribution in [0, 0.1) is 0 Å². The van der Waals surface area contributed by atoms with Gasteiger partial charge in [-0.05, 0) is 6.92 Å². The lowest BCUT2D eigenvalue weighted by Gasteiger charge is -2.24. The first-order valence-electron chi connectivity index (χ1n) is 4.92. The Morgan fingerprint density at radius 1 is 1.44 bits per heavy atom. The van der Waals surface area contributed by atoms with Crippen molar-refractivity contribution < 1.29 is 19.5 Å². The van der Waals surface area contributed by atoms with Gasteiger partial charge in [-0.3, -0.25) is 4.57 Å². The average Bonchev–Trinajstić information content (AvgIpc) is 2.61. The molecular formula is C8H12N5O4P. The van der Waals surface area contributed by atoms with Crippen molar-refractivity contribution in [1.82, 2.24) is 19.5 Å². The highest BCUT2D eigenvalue weighted by Crippen LogP contribution is 2.49. The molecule has 0 aliphatic rings. The highest BCUT2D eigenvalue weighted by atomic mass is 31.2. The predicted molar refractivity (Wildman–Crippen MR) is 62.4 cm³/mol. The van der Waals surface area contributed by atoms with Crippen molar-refractivity contribution in [2.45, 2.75) is 18.8 Å². The molecule has 2 heterocycles. The van der Waals surface area contributed by atoms with E-state index in [0.29, 0.717) is 11.2 Å². The monoisotopic (exact) mass is 273 g/mol. The number of aliphatic hydroxyl groups is 1. The number of aromatic nitrogens is 4. The second kappa shape index (κ2) is 3.99. The summed E-state index contributed by atoms with van der Waals surface area (Å²) in [6, 6.07) is 0. The standard InChI is InChI=1S/C8H12N5O4P/c1-8(14,18(15,16)17)2-13-4-12-5-6(9)10-3-11-7(5)13/h3-4,14H,2H2,1H3,(H2,9,10,11)(H2,15,16,17). The number of rotatable bonds is 3. The van der Waals surface area contributed by atoms with Crippen molar-refractivity contribution in [3.63, 3.8) is 0 Å². The Hall–Kier alpha value is -1.54. The Kier molecular flexibility index (Phi) is 2.86. The van der Waals surface area contributed by atoms with Gasteiger partial charge in [0, 0.05) is 0 Å². The van der Waals surface area contributed by atoms with Crippen LogP contribution in [0.15, 0.2) is 12.7 Å². The molecule has 0 saturated carbocycles. The first-order valence-corrected chi connectivity index (χ1v) is 6.53. The van der Waals surface area contributed by atoms with Gasteiger partial charge < -0.3 is 25.2 Å². The minimum atomic E-state index is -4.67. The van der Waals surface area contributed by atoms with Crippen LogP contribution in [-0.2, 0) is 11.1 Å².